The summed E-state index contributed by atoms with van der Waals surface area (Å²) in [4.78, 5) is 4.51. The molecular formula is C14H20N2. The second-order valence-electron chi connectivity index (χ2n) is 4.26. The van der Waals surface area contributed by atoms with Gasteiger partial charge in [-0.15, -0.1) is 0 Å². The van der Waals surface area contributed by atoms with Gasteiger partial charge in [-0.05, 0) is 30.4 Å². The van der Waals surface area contributed by atoms with Crippen LogP contribution in [-0.4, -0.2) is 12.4 Å². The standard InChI is InChI=1S/C14H20N2/c1-2-12-7-3-4-8-13(12)11-16-14-9-5-6-10-15-14/h3-4,7-8H,2,5-6,9-11H2,1H3,(H,15,16). The van der Waals surface area contributed by atoms with Crippen LogP contribution in [0.15, 0.2) is 29.3 Å². The molecule has 1 aliphatic heterocycles. The minimum Gasteiger partial charge on any atom is -0.370 e. The lowest BCUT2D eigenvalue weighted by Crippen LogP contribution is -2.25. The summed E-state index contributed by atoms with van der Waals surface area (Å²) < 4.78 is 0. The topological polar surface area (TPSA) is 24.4 Å². The third-order valence-electron chi connectivity index (χ3n) is 3.11. The summed E-state index contributed by atoms with van der Waals surface area (Å²) in [7, 11) is 0. The van der Waals surface area contributed by atoms with Gasteiger partial charge < -0.3 is 5.32 Å². The summed E-state index contributed by atoms with van der Waals surface area (Å²) in [6.07, 6.45) is 4.75. The average molecular weight is 216 g/mol. The van der Waals surface area contributed by atoms with Crippen LogP contribution >= 0.6 is 0 Å². The normalized spacial score (nSPS) is 15.7. The molecule has 2 nitrogen and oxygen atoms in total. The van der Waals surface area contributed by atoms with Crippen molar-refractivity contribution in [3.05, 3.63) is 35.4 Å². The number of aryl methyl sites for hydroxylation is 1. The largest absolute Gasteiger partial charge is 0.370 e. The maximum atomic E-state index is 4.51. The van der Waals surface area contributed by atoms with E-state index < -0.39 is 0 Å². The van der Waals surface area contributed by atoms with Crippen LogP contribution in [0.4, 0.5) is 0 Å². The predicted octanol–water partition coefficient (Wildman–Crippen LogP) is 2.92. The first-order chi connectivity index (χ1) is 7.90. The molecule has 0 atom stereocenters. The van der Waals surface area contributed by atoms with E-state index >= 15 is 0 Å². The molecule has 0 saturated carbocycles. The monoisotopic (exact) mass is 216 g/mol. The van der Waals surface area contributed by atoms with Crippen LogP contribution in [0.3, 0.4) is 0 Å². The summed E-state index contributed by atoms with van der Waals surface area (Å²) in [5.41, 5.74) is 2.84. The third kappa shape index (κ3) is 2.84. The molecule has 1 aromatic carbocycles. The van der Waals surface area contributed by atoms with E-state index in [-0.39, 0.29) is 0 Å². The SMILES string of the molecule is CCc1ccccc1CNC1=NCCCC1. The van der Waals surface area contributed by atoms with Crippen molar-refractivity contribution in [2.45, 2.75) is 39.2 Å². The molecule has 0 unspecified atom stereocenters. The van der Waals surface area contributed by atoms with E-state index in [9.17, 15) is 0 Å². The van der Waals surface area contributed by atoms with Crippen molar-refractivity contribution in [1.29, 1.82) is 0 Å². The Hall–Kier alpha value is -1.31. The lowest BCUT2D eigenvalue weighted by molar-refractivity contribution is 0.705. The number of aliphatic imine (C=N–C) groups is 1. The fourth-order valence-corrected chi connectivity index (χ4v) is 2.11. The molecule has 0 bridgehead atoms. The first-order valence-corrected chi connectivity index (χ1v) is 6.24. The van der Waals surface area contributed by atoms with Crippen LogP contribution in [0.2, 0.25) is 0 Å². The fourth-order valence-electron chi connectivity index (χ4n) is 2.11. The number of amidine groups is 1. The fraction of sp³-hybridized carbons (Fsp3) is 0.500. The van der Waals surface area contributed by atoms with Gasteiger partial charge in [0.05, 0.1) is 5.84 Å². The lowest BCUT2D eigenvalue weighted by atomic mass is 10.1. The van der Waals surface area contributed by atoms with Crippen LogP contribution in [0.25, 0.3) is 0 Å². The Kier molecular flexibility index (Phi) is 3.97. The summed E-state index contributed by atoms with van der Waals surface area (Å²) in [5, 5.41) is 3.46. The highest BCUT2D eigenvalue weighted by Crippen LogP contribution is 2.10. The van der Waals surface area contributed by atoms with E-state index in [0.29, 0.717) is 0 Å². The van der Waals surface area contributed by atoms with Gasteiger partial charge in [0.1, 0.15) is 0 Å². The Morgan fingerprint density at radius 1 is 1.19 bits per heavy atom. The molecular weight excluding hydrogens is 196 g/mol. The molecule has 0 radical (unpaired) electrons. The zero-order valence-electron chi connectivity index (χ0n) is 10.00. The highest BCUT2D eigenvalue weighted by molar-refractivity contribution is 5.82. The summed E-state index contributed by atoms with van der Waals surface area (Å²) in [6.45, 7) is 4.12. The summed E-state index contributed by atoms with van der Waals surface area (Å²) >= 11 is 0. The van der Waals surface area contributed by atoms with Crippen LogP contribution in [-0.2, 0) is 13.0 Å². The van der Waals surface area contributed by atoms with Crippen molar-refractivity contribution in [1.82, 2.24) is 5.32 Å². The Balaban J connectivity index is 1.96. The predicted molar refractivity (Wildman–Crippen MR) is 68.8 cm³/mol. The van der Waals surface area contributed by atoms with Crippen LogP contribution in [0.1, 0.15) is 37.3 Å². The summed E-state index contributed by atoms with van der Waals surface area (Å²) in [5.74, 6) is 1.19. The van der Waals surface area contributed by atoms with Gasteiger partial charge in [-0.2, -0.15) is 0 Å². The molecule has 1 aliphatic rings. The minimum atomic E-state index is 0.919. The van der Waals surface area contributed by atoms with E-state index in [0.717, 1.165) is 25.9 Å². The van der Waals surface area contributed by atoms with Crippen molar-refractivity contribution in [2.75, 3.05) is 6.54 Å². The van der Waals surface area contributed by atoms with Crippen molar-refractivity contribution in [3.8, 4) is 0 Å². The molecule has 0 saturated heterocycles. The zero-order valence-corrected chi connectivity index (χ0v) is 10.00. The molecule has 0 aromatic heterocycles. The van der Waals surface area contributed by atoms with E-state index in [1.54, 1.807) is 0 Å². The molecule has 0 fully saturated rings. The van der Waals surface area contributed by atoms with Crippen LogP contribution in [0, 0.1) is 0 Å². The molecule has 2 rings (SSSR count). The molecule has 0 spiro atoms. The number of nitrogens with zero attached hydrogens (tertiary/aromatic N) is 1. The van der Waals surface area contributed by atoms with Crippen molar-refractivity contribution in [3.63, 3.8) is 0 Å². The zero-order chi connectivity index (χ0) is 11.2. The maximum Gasteiger partial charge on any atom is 0.0965 e. The second kappa shape index (κ2) is 5.69. The van der Waals surface area contributed by atoms with Gasteiger partial charge >= 0.3 is 0 Å². The number of nitrogens with one attached hydrogen (secondary N) is 1. The quantitative estimate of drug-likeness (QED) is 0.825. The number of benzene rings is 1. The number of rotatable bonds is 3. The van der Waals surface area contributed by atoms with Gasteiger partial charge in [0.25, 0.3) is 0 Å². The molecule has 1 aromatic rings. The van der Waals surface area contributed by atoms with Crippen LogP contribution in [0.5, 0.6) is 0 Å². The Morgan fingerprint density at radius 2 is 2.00 bits per heavy atom. The molecule has 86 valence electrons. The van der Waals surface area contributed by atoms with Crippen molar-refractivity contribution in [2.24, 2.45) is 4.99 Å². The van der Waals surface area contributed by atoms with Gasteiger partial charge in [0.2, 0.25) is 0 Å². The average Bonchev–Trinajstić information content (AvgIpc) is 2.38. The molecule has 16 heavy (non-hydrogen) atoms. The highest BCUT2D eigenvalue weighted by atomic mass is 15.0. The Bertz CT molecular complexity index is 369. The van der Waals surface area contributed by atoms with Crippen LogP contribution < -0.4 is 5.32 Å². The first kappa shape index (κ1) is 11.2. The molecule has 1 heterocycles. The van der Waals surface area contributed by atoms with Gasteiger partial charge in [-0.3, -0.25) is 4.99 Å². The van der Waals surface area contributed by atoms with E-state index in [2.05, 4.69) is 41.5 Å². The number of hydrogen-bond donors (Lipinski definition) is 1. The first-order valence-electron chi connectivity index (χ1n) is 6.24. The molecule has 0 aliphatic carbocycles. The molecule has 0 amide bonds. The summed E-state index contributed by atoms with van der Waals surface area (Å²) in [6, 6.07) is 8.63. The van der Waals surface area contributed by atoms with Crippen molar-refractivity contribution >= 4 is 5.84 Å². The third-order valence-corrected chi connectivity index (χ3v) is 3.11. The lowest BCUT2D eigenvalue weighted by Gasteiger charge is -2.15. The molecule has 1 N–H and O–H groups in total. The van der Waals surface area contributed by atoms with E-state index in [1.807, 2.05) is 0 Å². The van der Waals surface area contributed by atoms with Gasteiger partial charge in [0.15, 0.2) is 0 Å². The van der Waals surface area contributed by atoms with Gasteiger partial charge in [-0.25, -0.2) is 0 Å². The van der Waals surface area contributed by atoms with Gasteiger partial charge in [0, 0.05) is 19.5 Å². The minimum absolute atomic E-state index is 0.919. The second-order valence-corrected chi connectivity index (χ2v) is 4.26. The molecule has 2 heteroatoms. The maximum absolute atomic E-state index is 4.51. The van der Waals surface area contributed by atoms with E-state index in [1.165, 1.54) is 29.8 Å². The van der Waals surface area contributed by atoms with E-state index in [4.69, 9.17) is 0 Å². The number of hydrogen-bond acceptors (Lipinski definition) is 2. The Labute approximate surface area is 97.8 Å². The smallest absolute Gasteiger partial charge is 0.0965 e. The van der Waals surface area contributed by atoms with Crippen molar-refractivity contribution < 1.29 is 0 Å². The Morgan fingerprint density at radius 3 is 2.69 bits per heavy atom. The van der Waals surface area contributed by atoms with Gasteiger partial charge in [-0.1, -0.05) is 31.2 Å². The highest BCUT2D eigenvalue weighted by Gasteiger charge is 2.05.